The van der Waals surface area contributed by atoms with Gasteiger partial charge in [0.2, 0.25) is 0 Å². The SMILES string of the molecule is N#Cc1cc(-c2cnc(C(F)(F)F)cn2)c(Cl)cn1. The summed E-state index contributed by atoms with van der Waals surface area (Å²) < 4.78 is 37.0. The molecule has 0 aromatic carbocycles. The minimum atomic E-state index is -4.55. The van der Waals surface area contributed by atoms with Gasteiger partial charge in [-0.15, -0.1) is 0 Å². The lowest BCUT2D eigenvalue weighted by Gasteiger charge is -2.07. The first-order valence-corrected chi connectivity index (χ1v) is 5.25. The Hall–Kier alpha value is -2.20. The summed E-state index contributed by atoms with van der Waals surface area (Å²) in [5.41, 5.74) is -0.575. The molecule has 0 saturated heterocycles. The van der Waals surface area contributed by atoms with Crippen LogP contribution in [0.5, 0.6) is 0 Å². The normalized spacial score (nSPS) is 11.1. The van der Waals surface area contributed by atoms with Gasteiger partial charge in [-0.2, -0.15) is 18.4 Å². The molecule has 0 amide bonds. The van der Waals surface area contributed by atoms with Gasteiger partial charge in [0.05, 0.1) is 23.1 Å². The third-order valence-corrected chi connectivity index (χ3v) is 2.49. The molecule has 0 bridgehead atoms. The first kappa shape index (κ1) is 13.2. The van der Waals surface area contributed by atoms with Crippen LogP contribution in [0.4, 0.5) is 13.2 Å². The summed E-state index contributed by atoms with van der Waals surface area (Å²) in [7, 11) is 0. The van der Waals surface area contributed by atoms with E-state index in [1.165, 1.54) is 12.3 Å². The molecule has 0 spiro atoms. The highest BCUT2D eigenvalue weighted by atomic mass is 35.5. The Kier molecular flexibility index (Phi) is 3.36. The lowest BCUT2D eigenvalue weighted by molar-refractivity contribution is -0.141. The molecule has 0 aliphatic heterocycles. The van der Waals surface area contributed by atoms with Gasteiger partial charge in [-0.25, -0.2) is 9.97 Å². The van der Waals surface area contributed by atoms with Crippen molar-refractivity contribution in [1.82, 2.24) is 15.0 Å². The Morgan fingerprint density at radius 2 is 1.84 bits per heavy atom. The average molecular weight is 285 g/mol. The summed E-state index contributed by atoms with van der Waals surface area (Å²) in [6.07, 6.45) is -1.76. The number of hydrogen-bond donors (Lipinski definition) is 0. The van der Waals surface area contributed by atoms with E-state index in [9.17, 15) is 13.2 Å². The second kappa shape index (κ2) is 4.82. The topological polar surface area (TPSA) is 62.5 Å². The van der Waals surface area contributed by atoms with Crippen LogP contribution in [0.25, 0.3) is 11.3 Å². The van der Waals surface area contributed by atoms with E-state index >= 15 is 0 Å². The quantitative estimate of drug-likeness (QED) is 0.807. The number of halogens is 4. The molecule has 2 aromatic heterocycles. The maximum Gasteiger partial charge on any atom is 0.434 e. The summed E-state index contributed by atoms with van der Waals surface area (Å²) in [6.45, 7) is 0. The molecule has 0 saturated carbocycles. The van der Waals surface area contributed by atoms with Gasteiger partial charge in [-0.05, 0) is 6.07 Å². The minimum Gasteiger partial charge on any atom is -0.252 e. The fourth-order valence-electron chi connectivity index (χ4n) is 1.31. The van der Waals surface area contributed by atoms with E-state index in [2.05, 4.69) is 15.0 Å². The van der Waals surface area contributed by atoms with Gasteiger partial charge in [0.1, 0.15) is 11.8 Å². The Bertz CT molecular complexity index is 646. The van der Waals surface area contributed by atoms with Crippen LogP contribution in [0.3, 0.4) is 0 Å². The van der Waals surface area contributed by atoms with Crippen LogP contribution in [0.15, 0.2) is 24.7 Å². The van der Waals surface area contributed by atoms with Gasteiger partial charge in [0, 0.05) is 11.8 Å². The molecule has 19 heavy (non-hydrogen) atoms. The molecule has 0 unspecified atom stereocenters. The zero-order valence-corrected chi connectivity index (χ0v) is 9.87. The highest BCUT2D eigenvalue weighted by Gasteiger charge is 2.32. The van der Waals surface area contributed by atoms with Gasteiger partial charge in [0.25, 0.3) is 0 Å². The average Bonchev–Trinajstić information content (AvgIpc) is 2.38. The van der Waals surface area contributed by atoms with Crippen molar-refractivity contribution in [2.24, 2.45) is 0 Å². The number of nitriles is 1. The molecule has 0 atom stereocenters. The number of nitrogens with zero attached hydrogens (tertiary/aromatic N) is 4. The zero-order valence-electron chi connectivity index (χ0n) is 9.11. The molecule has 0 fully saturated rings. The second-order valence-corrected chi connectivity index (χ2v) is 3.85. The van der Waals surface area contributed by atoms with Crippen LogP contribution >= 0.6 is 11.6 Å². The summed E-state index contributed by atoms with van der Waals surface area (Å²) in [5.74, 6) is 0. The van der Waals surface area contributed by atoms with Gasteiger partial charge in [0.15, 0.2) is 5.69 Å². The minimum absolute atomic E-state index is 0.0843. The smallest absolute Gasteiger partial charge is 0.252 e. The first-order chi connectivity index (χ1) is 8.91. The molecule has 0 aliphatic carbocycles. The molecule has 0 radical (unpaired) electrons. The maximum atomic E-state index is 12.3. The highest BCUT2D eigenvalue weighted by Crippen LogP contribution is 2.29. The Morgan fingerprint density at radius 1 is 1.11 bits per heavy atom. The van der Waals surface area contributed by atoms with Crippen molar-refractivity contribution in [3.63, 3.8) is 0 Å². The van der Waals surface area contributed by atoms with Crippen LogP contribution in [0, 0.1) is 11.3 Å². The second-order valence-electron chi connectivity index (χ2n) is 3.45. The predicted molar refractivity (Wildman–Crippen MR) is 60.0 cm³/mol. The zero-order chi connectivity index (χ0) is 14.0. The Labute approximate surface area is 110 Å². The molecule has 2 aromatic rings. The van der Waals surface area contributed by atoms with Gasteiger partial charge < -0.3 is 0 Å². The van der Waals surface area contributed by atoms with Crippen LogP contribution in [0.2, 0.25) is 5.02 Å². The van der Waals surface area contributed by atoms with Crippen LogP contribution in [0.1, 0.15) is 11.4 Å². The lowest BCUT2D eigenvalue weighted by atomic mass is 10.2. The van der Waals surface area contributed by atoms with Gasteiger partial charge in [-0.3, -0.25) is 4.98 Å². The molecule has 0 aliphatic rings. The Balaban J connectivity index is 2.46. The number of rotatable bonds is 1. The molecule has 4 nitrogen and oxygen atoms in total. The number of pyridine rings is 1. The fraction of sp³-hybridized carbons (Fsp3) is 0.0909. The molecular weight excluding hydrogens is 281 g/mol. The summed E-state index contributed by atoms with van der Waals surface area (Å²) in [4.78, 5) is 10.6. The summed E-state index contributed by atoms with van der Waals surface area (Å²) >= 11 is 5.86. The lowest BCUT2D eigenvalue weighted by Crippen LogP contribution is -2.08. The van der Waals surface area contributed by atoms with Crippen molar-refractivity contribution >= 4 is 11.6 Å². The van der Waals surface area contributed by atoms with Crippen molar-refractivity contribution in [2.45, 2.75) is 6.18 Å². The number of aromatic nitrogens is 3. The molecule has 2 rings (SSSR count). The van der Waals surface area contributed by atoms with Crippen molar-refractivity contribution in [3.8, 4) is 17.3 Å². The third-order valence-electron chi connectivity index (χ3n) is 2.19. The standard InChI is InChI=1S/C11H4ClF3N4/c12-8-3-17-6(2-16)1-7(8)9-4-19-10(5-18-9)11(13,14)15/h1,3-5H. The highest BCUT2D eigenvalue weighted by molar-refractivity contribution is 6.33. The molecular formula is C11H4ClF3N4. The molecule has 96 valence electrons. The number of hydrogen-bond acceptors (Lipinski definition) is 4. The maximum absolute atomic E-state index is 12.3. The molecule has 0 N–H and O–H groups in total. The van der Waals surface area contributed by atoms with Crippen LogP contribution in [-0.4, -0.2) is 15.0 Å². The van der Waals surface area contributed by atoms with Gasteiger partial charge >= 0.3 is 6.18 Å². The predicted octanol–water partition coefficient (Wildman–Crippen LogP) is 3.08. The van der Waals surface area contributed by atoms with E-state index in [0.29, 0.717) is 11.8 Å². The fourth-order valence-corrected chi connectivity index (χ4v) is 1.51. The molecule has 8 heteroatoms. The summed E-state index contributed by atoms with van der Waals surface area (Å²) in [5, 5.41) is 8.88. The van der Waals surface area contributed by atoms with E-state index in [1.54, 1.807) is 6.07 Å². The van der Waals surface area contributed by atoms with E-state index in [-0.39, 0.29) is 16.4 Å². The third kappa shape index (κ3) is 2.80. The Morgan fingerprint density at radius 3 is 2.37 bits per heavy atom. The van der Waals surface area contributed by atoms with Crippen molar-refractivity contribution in [3.05, 3.63) is 41.1 Å². The first-order valence-electron chi connectivity index (χ1n) is 4.87. The largest absolute Gasteiger partial charge is 0.434 e. The monoisotopic (exact) mass is 284 g/mol. The molecule has 2 heterocycles. The van der Waals surface area contributed by atoms with E-state index in [4.69, 9.17) is 16.9 Å². The van der Waals surface area contributed by atoms with E-state index in [1.807, 2.05) is 0 Å². The number of alkyl halides is 3. The van der Waals surface area contributed by atoms with E-state index in [0.717, 1.165) is 6.20 Å². The van der Waals surface area contributed by atoms with Crippen molar-refractivity contribution in [1.29, 1.82) is 5.26 Å². The van der Waals surface area contributed by atoms with Crippen molar-refractivity contribution < 1.29 is 13.2 Å². The summed E-state index contributed by atoms with van der Waals surface area (Å²) in [6, 6.07) is 3.13. The van der Waals surface area contributed by atoms with Crippen LogP contribution < -0.4 is 0 Å². The van der Waals surface area contributed by atoms with Crippen LogP contribution in [-0.2, 0) is 6.18 Å². The van der Waals surface area contributed by atoms with E-state index < -0.39 is 11.9 Å². The van der Waals surface area contributed by atoms with Gasteiger partial charge in [-0.1, -0.05) is 11.6 Å². The van der Waals surface area contributed by atoms with Crippen molar-refractivity contribution in [2.75, 3.05) is 0 Å².